The van der Waals surface area contributed by atoms with Crippen molar-refractivity contribution in [1.29, 1.82) is 0 Å². The summed E-state index contributed by atoms with van der Waals surface area (Å²) in [5, 5.41) is 2.12. The molecule has 2 nitrogen and oxygen atoms in total. The van der Waals surface area contributed by atoms with E-state index in [1.165, 1.54) is 5.57 Å². The van der Waals surface area contributed by atoms with Crippen LogP contribution < -0.4 is 0 Å². The Balaban J connectivity index is 2.18. The van der Waals surface area contributed by atoms with E-state index in [-0.39, 0.29) is 0 Å². The summed E-state index contributed by atoms with van der Waals surface area (Å²) in [6.45, 7) is 3.29. The van der Waals surface area contributed by atoms with Crippen LogP contribution in [0.5, 0.6) is 0 Å². The van der Waals surface area contributed by atoms with Crippen molar-refractivity contribution < 1.29 is 0 Å². The van der Waals surface area contributed by atoms with Crippen LogP contribution in [0.3, 0.4) is 0 Å². The fourth-order valence-corrected chi connectivity index (χ4v) is 2.11. The summed E-state index contributed by atoms with van der Waals surface area (Å²) in [6, 6.07) is 0.669. The minimum atomic E-state index is 0.669. The maximum Gasteiger partial charge on any atom is 0.0798 e. The molecule has 0 fully saturated rings. The molecule has 0 bridgehead atoms. The minimum absolute atomic E-state index is 0.669. The largest absolute Gasteiger partial charge is 0.299 e. The first-order valence-corrected chi connectivity index (χ1v) is 5.49. The van der Waals surface area contributed by atoms with E-state index >= 15 is 0 Å². The van der Waals surface area contributed by atoms with Crippen LogP contribution in [0.15, 0.2) is 17.0 Å². The predicted molar refractivity (Wildman–Crippen MR) is 56.8 cm³/mol. The zero-order valence-corrected chi connectivity index (χ0v) is 8.84. The molecule has 0 unspecified atom stereocenters. The maximum absolute atomic E-state index is 4.32. The van der Waals surface area contributed by atoms with Gasteiger partial charge in [0.2, 0.25) is 0 Å². The number of rotatable bonds is 1. The first kappa shape index (κ1) is 8.91. The third-order valence-electron chi connectivity index (χ3n) is 2.64. The summed E-state index contributed by atoms with van der Waals surface area (Å²) in [5.41, 5.74) is 4.43. The van der Waals surface area contributed by atoms with Gasteiger partial charge in [-0.3, -0.25) is 4.90 Å². The fourth-order valence-electron chi connectivity index (χ4n) is 1.54. The summed E-state index contributed by atoms with van der Waals surface area (Å²) in [7, 11) is 2.17. The van der Waals surface area contributed by atoms with Crippen molar-refractivity contribution in [2.45, 2.75) is 19.4 Å². The Morgan fingerprint density at radius 1 is 1.62 bits per heavy atom. The van der Waals surface area contributed by atoms with E-state index in [0.29, 0.717) is 6.04 Å². The highest BCUT2D eigenvalue weighted by Crippen LogP contribution is 2.22. The molecule has 0 saturated heterocycles. The lowest BCUT2D eigenvalue weighted by Crippen LogP contribution is -2.33. The van der Waals surface area contributed by atoms with Crippen molar-refractivity contribution in [2.24, 2.45) is 0 Å². The molecule has 0 aromatic carbocycles. The van der Waals surface area contributed by atoms with Gasteiger partial charge in [0.15, 0.2) is 0 Å². The van der Waals surface area contributed by atoms with Gasteiger partial charge in [0.25, 0.3) is 0 Å². The van der Waals surface area contributed by atoms with Gasteiger partial charge in [-0.1, -0.05) is 6.08 Å². The van der Waals surface area contributed by atoms with Gasteiger partial charge in [0.05, 0.1) is 11.2 Å². The SMILES string of the molecule is C[C@@H]1CC=C(c2cscn2)CN1C. The molecule has 1 aliphatic rings. The van der Waals surface area contributed by atoms with Crippen LogP contribution in [0.4, 0.5) is 0 Å². The molecule has 0 spiro atoms. The van der Waals surface area contributed by atoms with Crippen LogP contribution in [0.1, 0.15) is 19.0 Å². The minimum Gasteiger partial charge on any atom is -0.299 e. The van der Waals surface area contributed by atoms with E-state index in [4.69, 9.17) is 0 Å². The van der Waals surface area contributed by atoms with Gasteiger partial charge in [0, 0.05) is 18.0 Å². The molecular weight excluding hydrogens is 180 g/mol. The van der Waals surface area contributed by atoms with E-state index in [1.54, 1.807) is 11.3 Å². The number of nitrogens with zero attached hydrogens (tertiary/aromatic N) is 2. The Labute approximate surface area is 82.9 Å². The first-order chi connectivity index (χ1) is 6.27. The van der Waals surface area contributed by atoms with Gasteiger partial charge in [-0.2, -0.15) is 0 Å². The highest BCUT2D eigenvalue weighted by Gasteiger charge is 2.16. The fraction of sp³-hybridized carbons (Fsp3) is 0.500. The molecule has 3 heteroatoms. The molecule has 2 rings (SSSR count). The molecule has 1 atom stereocenters. The lowest BCUT2D eigenvalue weighted by Gasteiger charge is -2.28. The molecule has 1 aromatic heterocycles. The van der Waals surface area contributed by atoms with Crippen molar-refractivity contribution in [3.05, 3.63) is 22.7 Å². The second-order valence-electron chi connectivity index (χ2n) is 3.60. The Morgan fingerprint density at radius 2 is 2.46 bits per heavy atom. The van der Waals surface area contributed by atoms with Gasteiger partial charge in [-0.15, -0.1) is 11.3 Å². The average molecular weight is 194 g/mol. The number of hydrogen-bond acceptors (Lipinski definition) is 3. The van der Waals surface area contributed by atoms with E-state index < -0.39 is 0 Å². The maximum atomic E-state index is 4.32. The normalized spacial score (nSPS) is 24.5. The molecule has 1 aromatic rings. The monoisotopic (exact) mass is 194 g/mol. The van der Waals surface area contributed by atoms with Gasteiger partial charge in [0.1, 0.15) is 0 Å². The Hall–Kier alpha value is -0.670. The number of hydrogen-bond donors (Lipinski definition) is 0. The summed E-state index contributed by atoms with van der Waals surface area (Å²) in [4.78, 5) is 6.69. The van der Waals surface area contributed by atoms with E-state index in [0.717, 1.165) is 18.7 Å². The molecule has 1 aliphatic heterocycles. The van der Waals surface area contributed by atoms with Crippen LogP contribution in [0.25, 0.3) is 5.57 Å². The highest BCUT2D eigenvalue weighted by atomic mass is 32.1. The van der Waals surface area contributed by atoms with Gasteiger partial charge in [-0.05, 0) is 26.0 Å². The van der Waals surface area contributed by atoms with Gasteiger partial charge in [-0.25, -0.2) is 4.98 Å². The number of thiazole rings is 1. The van der Waals surface area contributed by atoms with Gasteiger partial charge >= 0.3 is 0 Å². The predicted octanol–water partition coefficient (Wildman–Crippen LogP) is 2.25. The molecule has 0 N–H and O–H groups in total. The summed E-state index contributed by atoms with van der Waals surface area (Å²) < 4.78 is 0. The van der Waals surface area contributed by atoms with Gasteiger partial charge < -0.3 is 0 Å². The zero-order chi connectivity index (χ0) is 9.26. The van der Waals surface area contributed by atoms with Crippen molar-refractivity contribution in [3.63, 3.8) is 0 Å². The summed E-state index contributed by atoms with van der Waals surface area (Å²) in [5.74, 6) is 0. The van der Waals surface area contributed by atoms with Crippen LogP contribution in [-0.2, 0) is 0 Å². The Kier molecular flexibility index (Phi) is 2.47. The van der Waals surface area contributed by atoms with E-state index in [2.05, 4.69) is 35.3 Å². The standard InChI is InChI=1S/C10H14N2S/c1-8-3-4-9(5-12(8)2)10-6-13-7-11-10/h4,6-8H,3,5H2,1-2H3/t8-/m1/s1. The van der Waals surface area contributed by atoms with Crippen LogP contribution in [0.2, 0.25) is 0 Å². The average Bonchev–Trinajstić information content (AvgIpc) is 2.62. The molecule has 13 heavy (non-hydrogen) atoms. The third kappa shape index (κ3) is 1.81. The molecule has 0 aliphatic carbocycles. The smallest absolute Gasteiger partial charge is 0.0798 e. The zero-order valence-electron chi connectivity index (χ0n) is 8.03. The molecule has 2 heterocycles. The van der Waals surface area contributed by atoms with Crippen LogP contribution in [-0.4, -0.2) is 29.5 Å². The summed E-state index contributed by atoms with van der Waals surface area (Å²) >= 11 is 1.66. The molecule has 0 radical (unpaired) electrons. The van der Waals surface area contributed by atoms with E-state index in [1.807, 2.05) is 5.51 Å². The second-order valence-corrected chi connectivity index (χ2v) is 4.32. The molecule has 0 amide bonds. The van der Waals surface area contributed by atoms with Crippen molar-refractivity contribution in [1.82, 2.24) is 9.88 Å². The van der Waals surface area contributed by atoms with Crippen molar-refractivity contribution >= 4 is 16.9 Å². The third-order valence-corrected chi connectivity index (χ3v) is 3.23. The lowest BCUT2D eigenvalue weighted by molar-refractivity contribution is 0.280. The van der Waals surface area contributed by atoms with Crippen molar-refractivity contribution in [2.75, 3.05) is 13.6 Å². The Bertz CT molecular complexity index is 303. The topological polar surface area (TPSA) is 16.1 Å². The first-order valence-electron chi connectivity index (χ1n) is 4.55. The quantitative estimate of drug-likeness (QED) is 0.681. The second kappa shape index (κ2) is 3.60. The molecule has 0 saturated carbocycles. The Morgan fingerprint density at radius 3 is 3.08 bits per heavy atom. The van der Waals surface area contributed by atoms with Crippen molar-refractivity contribution in [3.8, 4) is 0 Å². The summed E-state index contributed by atoms with van der Waals surface area (Å²) in [6.07, 6.45) is 3.46. The number of aromatic nitrogens is 1. The van der Waals surface area contributed by atoms with E-state index in [9.17, 15) is 0 Å². The van der Waals surface area contributed by atoms with Crippen LogP contribution >= 0.6 is 11.3 Å². The molecular formula is C10H14N2S. The van der Waals surface area contributed by atoms with Crippen LogP contribution in [0, 0.1) is 0 Å². The highest BCUT2D eigenvalue weighted by molar-refractivity contribution is 7.07. The number of likely N-dealkylation sites (N-methyl/N-ethyl adjacent to an activating group) is 1. The molecule has 70 valence electrons. The lowest BCUT2D eigenvalue weighted by atomic mass is 10.0.